The van der Waals surface area contributed by atoms with Crippen molar-refractivity contribution in [3.8, 4) is 5.75 Å². The van der Waals surface area contributed by atoms with Gasteiger partial charge in [-0.1, -0.05) is 12.1 Å². The molecular formula is C24H22FN3O3. The van der Waals surface area contributed by atoms with Crippen molar-refractivity contribution in [3.05, 3.63) is 95.6 Å². The Balaban J connectivity index is 1.31. The van der Waals surface area contributed by atoms with Crippen LogP contribution in [-0.4, -0.2) is 52.8 Å². The summed E-state index contributed by atoms with van der Waals surface area (Å²) in [7, 11) is 0. The molecule has 4 rings (SSSR count). The molecule has 1 aliphatic heterocycles. The van der Waals surface area contributed by atoms with E-state index >= 15 is 0 Å². The molecule has 158 valence electrons. The van der Waals surface area contributed by atoms with Gasteiger partial charge in [0.05, 0.1) is 5.56 Å². The van der Waals surface area contributed by atoms with Crippen molar-refractivity contribution in [3.63, 3.8) is 0 Å². The molecule has 2 heterocycles. The smallest absolute Gasteiger partial charge is 0.256 e. The molecule has 3 aromatic rings. The van der Waals surface area contributed by atoms with Crippen LogP contribution < -0.4 is 4.74 Å². The monoisotopic (exact) mass is 419 g/mol. The highest BCUT2D eigenvalue weighted by Crippen LogP contribution is 2.17. The van der Waals surface area contributed by atoms with Crippen LogP contribution in [0.15, 0.2) is 73.1 Å². The lowest BCUT2D eigenvalue weighted by atomic mass is 10.1. The molecule has 1 aromatic heterocycles. The maximum absolute atomic E-state index is 13.9. The van der Waals surface area contributed by atoms with E-state index in [0.29, 0.717) is 44.1 Å². The van der Waals surface area contributed by atoms with Crippen LogP contribution in [0.4, 0.5) is 4.39 Å². The van der Waals surface area contributed by atoms with Gasteiger partial charge in [-0.3, -0.25) is 14.6 Å². The van der Waals surface area contributed by atoms with Gasteiger partial charge in [-0.15, -0.1) is 0 Å². The van der Waals surface area contributed by atoms with Crippen molar-refractivity contribution in [1.29, 1.82) is 0 Å². The van der Waals surface area contributed by atoms with E-state index < -0.39 is 5.82 Å². The number of ether oxygens (including phenoxy) is 1. The molecule has 0 unspecified atom stereocenters. The third-order valence-corrected chi connectivity index (χ3v) is 5.21. The zero-order valence-corrected chi connectivity index (χ0v) is 16.9. The molecule has 0 aliphatic carbocycles. The highest BCUT2D eigenvalue weighted by atomic mass is 19.1. The summed E-state index contributed by atoms with van der Waals surface area (Å²) in [6.45, 7) is 1.96. The number of aromatic nitrogens is 1. The second-order valence-electron chi connectivity index (χ2n) is 7.23. The minimum Gasteiger partial charge on any atom is -0.489 e. The number of carbonyl (C=O) groups is 2. The van der Waals surface area contributed by atoms with Crippen molar-refractivity contribution in [2.45, 2.75) is 6.61 Å². The lowest BCUT2D eigenvalue weighted by molar-refractivity contribution is 0.0532. The number of hydrogen-bond donors (Lipinski definition) is 0. The Labute approximate surface area is 179 Å². The van der Waals surface area contributed by atoms with Crippen molar-refractivity contribution >= 4 is 11.8 Å². The quantitative estimate of drug-likeness (QED) is 0.636. The fourth-order valence-electron chi connectivity index (χ4n) is 3.44. The molecule has 31 heavy (non-hydrogen) atoms. The highest BCUT2D eigenvalue weighted by molar-refractivity contribution is 5.96. The number of benzene rings is 2. The van der Waals surface area contributed by atoms with Gasteiger partial charge in [-0.2, -0.15) is 0 Å². The Morgan fingerprint density at radius 2 is 1.45 bits per heavy atom. The Kier molecular flexibility index (Phi) is 6.21. The van der Waals surface area contributed by atoms with Crippen molar-refractivity contribution in [2.75, 3.05) is 26.2 Å². The summed E-state index contributed by atoms with van der Waals surface area (Å²) in [5.74, 6) is -0.300. The lowest BCUT2D eigenvalue weighted by Crippen LogP contribution is -2.50. The molecule has 0 spiro atoms. The minimum atomic E-state index is -0.530. The van der Waals surface area contributed by atoms with Crippen LogP contribution in [-0.2, 0) is 6.61 Å². The van der Waals surface area contributed by atoms with Crippen molar-refractivity contribution < 1.29 is 18.7 Å². The predicted molar refractivity (Wildman–Crippen MR) is 113 cm³/mol. The molecule has 1 fully saturated rings. The second kappa shape index (κ2) is 9.38. The first kappa shape index (κ1) is 20.5. The van der Waals surface area contributed by atoms with E-state index in [2.05, 4.69) is 4.98 Å². The second-order valence-corrected chi connectivity index (χ2v) is 7.23. The number of amides is 2. The van der Waals surface area contributed by atoms with Crippen LogP contribution in [0, 0.1) is 5.82 Å². The van der Waals surface area contributed by atoms with Gasteiger partial charge in [0.2, 0.25) is 0 Å². The molecule has 0 atom stereocenters. The molecule has 1 aliphatic rings. The van der Waals surface area contributed by atoms with Crippen molar-refractivity contribution in [2.24, 2.45) is 0 Å². The minimum absolute atomic E-state index is 0.0598. The van der Waals surface area contributed by atoms with E-state index in [1.807, 2.05) is 12.1 Å². The summed E-state index contributed by atoms with van der Waals surface area (Å²) in [5.41, 5.74) is 1.63. The van der Waals surface area contributed by atoms with Crippen LogP contribution in [0.5, 0.6) is 5.75 Å². The number of halogens is 1. The van der Waals surface area contributed by atoms with Crippen LogP contribution >= 0.6 is 0 Å². The lowest BCUT2D eigenvalue weighted by Gasteiger charge is -2.35. The van der Waals surface area contributed by atoms with Gasteiger partial charge in [-0.25, -0.2) is 4.39 Å². The van der Waals surface area contributed by atoms with Crippen molar-refractivity contribution in [1.82, 2.24) is 14.8 Å². The molecule has 2 aromatic carbocycles. The number of pyridine rings is 1. The summed E-state index contributed by atoms with van der Waals surface area (Å²) in [5, 5.41) is 0. The third kappa shape index (κ3) is 4.88. The topological polar surface area (TPSA) is 62.7 Å². The maximum atomic E-state index is 13.9. The molecule has 0 saturated carbocycles. The van der Waals surface area contributed by atoms with Gasteiger partial charge in [0.1, 0.15) is 18.2 Å². The molecule has 6 nitrogen and oxygen atoms in total. The van der Waals surface area contributed by atoms with Gasteiger partial charge in [0, 0.05) is 44.1 Å². The fraction of sp³-hybridized carbons (Fsp3) is 0.208. The van der Waals surface area contributed by atoms with Crippen LogP contribution in [0.2, 0.25) is 0 Å². The number of rotatable bonds is 5. The molecule has 0 N–H and O–H groups in total. The number of nitrogens with zero attached hydrogens (tertiary/aromatic N) is 3. The van der Waals surface area contributed by atoms with Gasteiger partial charge >= 0.3 is 0 Å². The first-order valence-corrected chi connectivity index (χ1v) is 10.1. The maximum Gasteiger partial charge on any atom is 0.256 e. The highest BCUT2D eigenvalue weighted by Gasteiger charge is 2.26. The number of piperazine rings is 1. The number of carbonyl (C=O) groups excluding carboxylic acids is 2. The Morgan fingerprint density at radius 1 is 0.839 bits per heavy atom. The van der Waals surface area contributed by atoms with E-state index in [9.17, 15) is 14.0 Å². The summed E-state index contributed by atoms with van der Waals surface area (Å²) < 4.78 is 19.6. The van der Waals surface area contributed by atoms with Crippen LogP contribution in [0.3, 0.4) is 0 Å². The normalized spacial score (nSPS) is 13.7. The predicted octanol–water partition coefficient (Wildman–Crippen LogP) is 3.40. The Morgan fingerprint density at radius 3 is 2.10 bits per heavy atom. The van der Waals surface area contributed by atoms with Crippen LogP contribution in [0.25, 0.3) is 0 Å². The van der Waals surface area contributed by atoms with E-state index in [1.165, 1.54) is 12.1 Å². The molecule has 2 amide bonds. The largest absolute Gasteiger partial charge is 0.489 e. The molecular weight excluding hydrogens is 397 g/mol. The summed E-state index contributed by atoms with van der Waals surface area (Å²) >= 11 is 0. The van der Waals surface area contributed by atoms with Crippen LogP contribution in [0.1, 0.15) is 26.3 Å². The average Bonchev–Trinajstić information content (AvgIpc) is 2.83. The molecule has 7 heteroatoms. The Hall–Kier alpha value is -3.74. The first-order valence-electron chi connectivity index (χ1n) is 10.1. The van der Waals surface area contributed by atoms with Gasteiger partial charge in [0.15, 0.2) is 0 Å². The fourth-order valence-corrected chi connectivity index (χ4v) is 3.44. The van der Waals surface area contributed by atoms with Gasteiger partial charge < -0.3 is 14.5 Å². The number of hydrogen-bond acceptors (Lipinski definition) is 4. The zero-order chi connectivity index (χ0) is 21.6. The summed E-state index contributed by atoms with van der Waals surface area (Å²) in [6, 6.07) is 16.7. The summed E-state index contributed by atoms with van der Waals surface area (Å²) in [4.78, 5) is 32.6. The van der Waals surface area contributed by atoms with E-state index in [4.69, 9.17) is 4.74 Å². The Bertz CT molecular complexity index is 1050. The van der Waals surface area contributed by atoms with E-state index in [0.717, 1.165) is 5.56 Å². The molecule has 0 bridgehead atoms. The average molecular weight is 419 g/mol. The third-order valence-electron chi connectivity index (χ3n) is 5.21. The zero-order valence-electron chi connectivity index (χ0n) is 16.9. The molecule has 0 radical (unpaired) electrons. The van der Waals surface area contributed by atoms with E-state index in [1.54, 1.807) is 58.6 Å². The molecule has 1 saturated heterocycles. The van der Waals surface area contributed by atoms with Gasteiger partial charge in [0.25, 0.3) is 11.8 Å². The first-order chi connectivity index (χ1) is 15.1. The SMILES string of the molecule is O=C(c1ccc(OCc2ccncc2)cc1)N1CCN(C(=O)c2ccccc2F)CC1. The standard InChI is InChI=1S/C24H22FN3O3/c25-22-4-2-1-3-21(22)24(30)28-15-13-27(14-16-28)23(29)19-5-7-20(8-6-19)31-17-18-9-11-26-12-10-18/h1-12H,13-17H2. The van der Waals surface area contributed by atoms with E-state index in [-0.39, 0.29) is 17.4 Å². The summed E-state index contributed by atoms with van der Waals surface area (Å²) in [6.07, 6.45) is 3.42. The van der Waals surface area contributed by atoms with Gasteiger partial charge in [-0.05, 0) is 54.1 Å².